The summed E-state index contributed by atoms with van der Waals surface area (Å²) >= 11 is 6.35. The minimum absolute atomic E-state index is 0.105. The first-order valence-electron chi connectivity index (χ1n) is 7.38. The Bertz CT molecular complexity index is 920. The number of anilines is 1. The molecule has 0 spiro atoms. The molecule has 0 aliphatic rings. The zero-order valence-electron chi connectivity index (χ0n) is 13.2. The molecule has 5 nitrogen and oxygen atoms in total. The molecule has 1 aromatic carbocycles. The van der Waals surface area contributed by atoms with Crippen LogP contribution < -0.4 is 10.6 Å². The molecule has 0 unspecified atom stereocenters. The van der Waals surface area contributed by atoms with E-state index in [-0.39, 0.29) is 18.4 Å². The van der Waals surface area contributed by atoms with Crippen molar-refractivity contribution >= 4 is 55.5 Å². The highest BCUT2D eigenvalue weighted by molar-refractivity contribution is 9.11. The van der Waals surface area contributed by atoms with Gasteiger partial charge in [0.15, 0.2) is 5.13 Å². The second-order valence-corrected chi connectivity index (χ2v) is 8.51. The monoisotopic (exact) mass is 435 g/mol. The van der Waals surface area contributed by atoms with Gasteiger partial charge in [-0.05, 0) is 46.6 Å². The molecule has 3 aromatic rings. The molecule has 0 radical (unpaired) electrons. The van der Waals surface area contributed by atoms with Crippen molar-refractivity contribution in [2.24, 2.45) is 0 Å². The molecule has 0 saturated heterocycles. The number of thiophene rings is 1. The molecule has 0 aliphatic carbocycles. The summed E-state index contributed by atoms with van der Waals surface area (Å²) < 4.78 is 1.03. The number of halogens is 1. The second-order valence-electron chi connectivity index (χ2n) is 5.19. The Kier molecular flexibility index (Phi) is 5.62. The standard InChI is InChI=1S/C17H14BrN3O2S2/c1-10-4-2-3-5-11(10)16(23)19-8-15(22)21-17-20-12(9-24-17)13-6-7-14(18)25-13/h2-7,9H,8H2,1H3,(H,19,23)(H,20,21,22). The van der Waals surface area contributed by atoms with E-state index in [4.69, 9.17) is 0 Å². The largest absolute Gasteiger partial charge is 0.343 e. The Hall–Kier alpha value is -2.03. The van der Waals surface area contributed by atoms with Crippen LogP contribution in [0.3, 0.4) is 0 Å². The smallest absolute Gasteiger partial charge is 0.251 e. The van der Waals surface area contributed by atoms with Gasteiger partial charge in [0.1, 0.15) is 0 Å². The lowest BCUT2D eigenvalue weighted by Crippen LogP contribution is -2.33. The fraction of sp³-hybridized carbons (Fsp3) is 0.118. The van der Waals surface area contributed by atoms with Gasteiger partial charge in [0.05, 0.1) is 20.9 Å². The minimum Gasteiger partial charge on any atom is -0.343 e. The Morgan fingerprint density at radius 2 is 2.00 bits per heavy atom. The van der Waals surface area contributed by atoms with Crippen LogP contribution in [0, 0.1) is 6.92 Å². The van der Waals surface area contributed by atoms with Crippen LogP contribution in [0.15, 0.2) is 45.6 Å². The molecule has 2 heterocycles. The first-order chi connectivity index (χ1) is 12.0. The van der Waals surface area contributed by atoms with E-state index in [9.17, 15) is 9.59 Å². The molecule has 128 valence electrons. The molecule has 0 fully saturated rings. The topological polar surface area (TPSA) is 71.1 Å². The normalized spacial score (nSPS) is 10.5. The zero-order chi connectivity index (χ0) is 17.8. The highest BCUT2D eigenvalue weighted by Gasteiger charge is 2.12. The molecule has 2 aromatic heterocycles. The summed E-state index contributed by atoms with van der Waals surface area (Å²) in [6.45, 7) is 1.75. The van der Waals surface area contributed by atoms with Crippen LogP contribution in [-0.4, -0.2) is 23.3 Å². The van der Waals surface area contributed by atoms with Gasteiger partial charge in [-0.15, -0.1) is 22.7 Å². The highest BCUT2D eigenvalue weighted by atomic mass is 79.9. The lowest BCUT2D eigenvalue weighted by atomic mass is 10.1. The number of carbonyl (C=O) groups excluding carboxylic acids is 2. The lowest BCUT2D eigenvalue weighted by Gasteiger charge is -2.07. The van der Waals surface area contributed by atoms with Gasteiger partial charge < -0.3 is 10.6 Å². The van der Waals surface area contributed by atoms with Gasteiger partial charge in [-0.3, -0.25) is 9.59 Å². The number of thiazole rings is 1. The van der Waals surface area contributed by atoms with Gasteiger partial charge in [0, 0.05) is 10.9 Å². The molecule has 2 amide bonds. The molecule has 8 heteroatoms. The van der Waals surface area contributed by atoms with E-state index in [0.29, 0.717) is 10.7 Å². The third-order valence-corrected chi connectivity index (χ3v) is 5.78. The summed E-state index contributed by atoms with van der Waals surface area (Å²) in [5, 5.41) is 7.73. The molecule has 0 atom stereocenters. The minimum atomic E-state index is -0.310. The van der Waals surface area contributed by atoms with Crippen LogP contribution in [0.5, 0.6) is 0 Å². The van der Waals surface area contributed by atoms with E-state index in [1.54, 1.807) is 23.5 Å². The molecular weight excluding hydrogens is 422 g/mol. The SMILES string of the molecule is Cc1ccccc1C(=O)NCC(=O)Nc1nc(-c2ccc(Br)s2)cs1. The van der Waals surface area contributed by atoms with Crippen LogP contribution in [0.2, 0.25) is 0 Å². The third kappa shape index (κ3) is 4.53. The fourth-order valence-electron chi connectivity index (χ4n) is 2.14. The molecule has 0 bridgehead atoms. The Labute approximate surface area is 161 Å². The van der Waals surface area contributed by atoms with Crippen LogP contribution in [0.25, 0.3) is 10.6 Å². The number of aromatic nitrogens is 1. The summed E-state index contributed by atoms with van der Waals surface area (Å²) in [6, 6.07) is 11.2. The summed E-state index contributed by atoms with van der Waals surface area (Å²) in [5.74, 6) is -0.577. The van der Waals surface area contributed by atoms with Crippen molar-refractivity contribution in [2.45, 2.75) is 6.92 Å². The Morgan fingerprint density at radius 3 is 2.72 bits per heavy atom. The van der Waals surface area contributed by atoms with Crippen molar-refractivity contribution in [3.63, 3.8) is 0 Å². The van der Waals surface area contributed by atoms with Crippen LogP contribution in [-0.2, 0) is 4.79 Å². The van der Waals surface area contributed by atoms with E-state index in [1.165, 1.54) is 11.3 Å². The van der Waals surface area contributed by atoms with E-state index >= 15 is 0 Å². The van der Waals surface area contributed by atoms with Crippen molar-refractivity contribution in [2.75, 3.05) is 11.9 Å². The Balaban J connectivity index is 1.55. The maximum atomic E-state index is 12.1. The van der Waals surface area contributed by atoms with E-state index < -0.39 is 0 Å². The van der Waals surface area contributed by atoms with Gasteiger partial charge in [0.25, 0.3) is 5.91 Å². The number of aryl methyl sites for hydroxylation is 1. The van der Waals surface area contributed by atoms with Crippen molar-refractivity contribution < 1.29 is 9.59 Å². The molecule has 0 saturated carbocycles. The van der Waals surface area contributed by atoms with Crippen molar-refractivity contribution in [1.29, 1.82) is 0 Å². The zero-order valence-corrected chi connectivity index (χ0v) is 16.4. The molecule has 0 aliphatic heterocycles. The lowest BCUT2D eigenvalue weighted by molar-refractivity contribution is -0.115. The highest BCUT2D eigenvalue weighted by Crippen LogP contribution is 2.32. The van der Waals surface area contributed by atoms with Crippen molar-refractivity contribution in [3.8, 4) is 10.6 Å². The fourth-order valence-corrected chi connectivity index (χ4v) is 4.29. The number of hydrogen-bond acceptors (Lipinski definition) is 5. The summed E-state index contributed by atoms with van der Waals surface area (Å²) in [4.78, 5) is 29.5. The quantitative estimate of drug-likeness (QED) is 0.626. The van der Waals surface area contributed by atoms with Crippen LogP contribution in [0.4, 0.5) is 5.13 Å². The van der Waals surface area contributed by atoms with Gasteiger partial charge in [-0.1, -0.05) is 18.2 Å². The van der Waals surface area contributed by atoms with Gasteiger partial charge in [-0.25, -0.2) is 4.98 Å². The van der Waals surface area contributed by atoms with Gasteiger partial charge in [0.2, 0.25) is 5.91 Å². The van der Waals surface area contributed by atoms with Gasteiger partial charge >= 0.3 is 0 Å². The van der Waals surface area contributed by atoms with Crippen molar-refractivity contribution in [1.82, 2.24) is 10.3 Å². The van der Waals surface area contributed by atoms with Crippen LogP contribution >= 0.6 is 38.6 Å². The number of nitrogens with one attached hydrogen (secondary N) is 2. The first kappa shape index (κ1) is 17.8. The van der Waals surface area contributed by atoms with E-state index in [2.05, 4.69) is 31.5 Å². The predicted octanol–water partition coefficient (Wildman–Crippen LogP) is 4.31. The summed E-state index contributed by atoms with van der Waals surface area (Å²) in [6.07, 6.45) is 0. The second kappa shape index (κ2) is 7.90. The molecular formula is C17H14BrN3O2S2. The predicted molar refractivity (Wildman–Crippen MR) is 105 cm³/mol. The number of nitrogens with zero attached hydrogens (tertiary/aromatic N) is 1. The van der Waals surface area contributed by atoms with Crippen molar-refractivity contribution in [3.05, 3.63) is 56.7 Å². The number of benzene rings is 1. The number of carbonyl (C=O) groups is 2. The average molecular weight is 436 g/mol. The van der Waals surface area contributed by atoms with Crippen LogP contribution in [0.1, 0.15) is 15.9 Å². The number of hydrogen-bond donors (Lipinski definition) is 2. The maximum absolute atomic E-state index is 12.1. The Morgan fingerprint density at radius 1 is 1.20 bits per heavy atom. The summed E-state index contributed by atoms with van der Waals surface area (Å²) in [7, 11) is 0. The third-order valence-electron chi connectivity index (χ3n) is 3.38. The number of amides is 2. The van der Waals surface area contributed by atoms with E-state index in [0.717, 1.165) is 19.9 Å². The van der Waals surface area contributed by atoms with E-state index in [1.807, 2.05) is 36.6 Å². The number of rotatable bonds is 5. The summed E-state index contributed by atoms with van der Waals surface area (Å²) in [5.41, 5.74) is 2.25. The molecule has 3 rings (SSSR count). The average Bonchev–Trinajstić information content (AvgIpc) is 3.22. The molecule has 25 heavy (non-hydrogen) atoms. The first-order valence-corrected chi connectivity index (χ1v) is 9.87. The van der Waals surface area contributed by atoms with Gasteiger partial charge in [-0.2, -0.15) is 0 Å². The molecule has 2 N–H and O–H groups in total. The maximum Gasteiger partial charge on any atom is 0.251 e.